The van der Waals surface area contributed by atoms with Gasteiger partial charge in [-0.15, -0.1) is 0 Å². The second-order valence-electron chi connectivity index (χ2n) is 4.25. The fraction of sp³-hybridized carbons (Fsp3) is 0.286. The van der Waals surface area contributed by atoms with Crippen LogP contribution in [0.1, 0.15) is 32.4 Å². The Morgan fingerprint density at radius 1 is 1.09 bits per heavy atom. The zero-order chi connectivity index (χ0) is 16.1. The number of ether oxygens (including phenoxy) is 3. The van der Waals surface area contributed by atoms with Crippen molar-refractivity contribution < 1.29 is 28.3 Å². The Kier molecular flexibility index (Phi) is 4.72. The first-order chi connectivity index (χ1) is 10.5. The van der Waals surface area contributed by atoms with Gasteiger partial charge in [0.15, 0.2) is 12.4 Å². The third-order valence-electron chi connectivity index (χ3n) is 2.68. The van der Waals surface area contributed by atoms with Gasteiger partial charge >= 0.3 is 11.9 Å². The van der Waals surface area contributed by atoms with E-state index in [2.05, 4.69) is 19.6 Å². The Labute approximate surface area is 126 Å². The van der Waals surface area contributed by atoms with Gasteiger partial charge in [0.2, 0.25) is 0 Å². The summed E-state index contributed by atoms with van der Waals surface area (Å²) >= 11 is 0. The van der Waals surface area contributed by atoms with Crippen molar-refractivity contribution >= 4 is 11.9 Å². The van der Waals surface area contributed by atoms with Crippen molar-refractivity contribution in [3.05, 3.63) is 41.0 Å². The molecule has 0 unspecified atom stereocenters. The zero-order valence-corrected chi connectivity index (χ0v) is 12.3. The summed E-state index contributed by atoms with van der Waals surface area (Å²) in [5.74, 6) is -0.148. The molecule has 0 N–H and O–H groups in total. The maximum absolute atomic E-state index is 11.6. The summed E-state index contributed by atoms with van der Waals surface area (Å²) in [6.45, 7) is 1.69. The summed E-state index contributed by atoms with van der Waals surface area (Å²) in [5.41, 5.74) is 0.337. The molecule has 1 heterocycles. The second-order valence-corrected chi connectivity index (χ2v) is 4.25. The topological polar surface area (TPSA) is 101 Å². The van der Waals surface area contributed by atoms with Crippen LogP contribution >= 0.6 is 0 Å². The number of carbonyl (C=O) groups excluding carboxylic acids is 2. The highest BCUT2D eigenvalue weighted by Crippen LogP contribution is 2.20. The van der Waals surface area contributed by atoms with Crippen molar-refractivity contribution in [2.45, 2.75) is 13.5 Å². The predicted molar refractivity (Wildman–Crippen MR) is 72.5 cm³/mol. The molecule has 0 spiro atoms. The highest BCUT2D eigenvalue weighted by atomic mass is 16.5. The molecule has 2 rings (SSSR count). The average Bonchev–Trinajstić information content (AvgIpc) is 2.96. The highest BCUT2D eigenvalue weighted by Gasteiger charge is 2.15. The first-order valence-electron chi connectivity index (χ1n) is 6.27. The van der Waals surface area contributed by atoms with Crippen LogP contribution in [0.4, 0.5) is 0 Å². The predicted octanol–water partition coefficient (Wildman–Crippen LogP) is 1.53. The Morgan fingerprint density at radius 2 is 1.68 bits per heavy atom. The molecule has 116 valence electrons. The van der Waals surface area contributed by atoms with Crippen molar-refractivity contribution in [1.29, 1.82) is 0 Å². The normalized spacial score (nSPS) is 10.1. The Bertz CT molecular complexity index is 660. The minimum atomic E-state index is -0.593. The number of hydrogen-bond acceptors (Lipinski definition) is 8. The van der Waals surface area contributed by atoms with Crippen molar-refractivity contribution in [3.8, 4) is 5.75 Å². The largest absolute Gasteiger partial charge is 0.484 e. The Balaban J connectivity index is 2.24. The fourth-order valence-electron chi connectivity index (χ4n) is 1.70. The number of aryl methyl sites for hydroxylation is 1. The molecule has 0 aliphatic heterocycles. The minimum absolute atomic E-state index is 0.00603. The second kappa shape index (κ2) is 6.70. The minimum Gasteiger partial charge on any atom is -0.484 e. The van der Waals surface area contributed by atoms with Gasteiger partial charge in [-0.3, -0.25) is 0 Å². The van der Waals surface area contributed by atoms with E-state index in [1.54, 1.807) is 6.92 Å². The number of hydrogen-bond donors (Lipinski definition) is 0. The first-order valence-corrected chi connectivity index (χ1v) is 6.27. The Hall–Kier alpha value is -2.90. The zero-order valence-electron chi connectivity index (χ0n) is 12.3. The monoisotopic (exact) mass is 306 g/mol. The lowest BCUT2D eigenvalue weighted by Crippen LogP contribution is -2.08. The molecule has 1 aromatic heterocycles. The maximum Gasteiger partial charge on any atom is 0.338 e. The van der Waals surface area contributed by atoms with Crippen LogP contribution in [0.25, 0.3) is 0 Å². The molecule has 0 amide bonds. The molecule has 0 saturated carbocycles. The van der Waals surface area contributed by atoms with E-state index in [4.69, 9.17) is 9.26 Å². The molecule has 2 aromatic rings. The van der Waals surface area contributed by atoms with Crippen molar-refractivity contribution in [3.63, 3.8) is 0 Å². The van der Waals surface area contributed by atoms with E-state index in [0.29, 0.717) is 5.82 Å². The number of carbonyl (C=O) groups is 2. The van der Waals surface area contributed by atoms with Crippen LogP contribution in [0.2, 0.25) is 0 Å². The molecule has 0 aliphatic carbocycles. The molecule has 0 atom stereocenters. The van der Waals surface area contributed by atoms with Crippen molar-refractivity contribution in [2.75, 3.05) is 14.2 Å². The SMILES string of the molecule is COC(=O)c1cc(OCc2nc(C)no2)cc(C(=O)OC)c1. The molecular weight excluding hydrogens is 292 g/mol. The molecule has 8 nitrogen and oxygen atoms in total. The molecule has 0 aliphatic rings. The van der Waals surface area contributed by atoms with Gasteiger partial charge < -0.3 is 18.7 Å². The number of methoxy groups -OCH3 is 2. The van der Waals surface area contributed by atoms with E-state index in [1.165, 1.54) is 32.4 Å². The van der Waals surface area contributed by atoms with E-state index in [-0.39, 0.29) is 29.4 Å². The van der Waals surface area contributed by atoms with Gasteiger partial charge in [-0.25, -0.2) is 9.59 Å². The van der Waals surface area contributed by atoms with E-state index >= 15 is 0 Å². The van der Waals surface area contributed by atoms with Crippen LogP contribution in [0, 0.1) is 6.92 Å². The summed E-state index contributed by atoms with van der Waals surface area (Å²) in [5, 5.41) is 3.63. The molecule has 0 fully saturated rings. The third kappa shape index (κ3) is 3.60. The molecule has 0 saturated heterocycles. The molecule has 0 radical (unpaired) electrons. The van der Waals surface area contributed by atoms with Crippen LogP contribution in [-0.4, -0.2) is 36.3 Å². The van der Waals surface area contributed by atoms with E-state index in [1.807, 2.05) is 0 Å². The number of esters is 2. The number of benzene rings is 1. The van der Waals surface area contributed by atoms with Crippen molar-refractivity contribution in [1.82, 2.24) is 10.1 Å². The van der Waals surface area contributed by atoms with Crippen LogP contribution in [0.3, 0.4) is 0 Å². The average molecular weight is 306 g/mol. The van der Waals surface area contributed by atoms with Gasteiger partial charge in [-0.05, 0) is 25.1 Å². The van der Waals surface area contributed by atoms with E-state index in [9.17, 15) is 9.59 Å². The Morgan fingerprint density at radius 3 is 2.14 bits per heavy atom. The summed E-state index contributed by atoms with van der Waals surface area (Å²) in [6.07, 6.45) is 0. The summed E-state index contributed by atoms with van der Waals surface area (Å²) in [4.78, 5) is 27.3. The molecule has 22 heavy (non-hydrogen) atoms. The van der Waals surface area contributed by atoms with Crippen LogP contribution in [0.15, 0.2) is 22.7 Å². The highest BCUT2D eigenvalue weighted by molar-refractivity contribution is 5.96. The summed E-state index contributed by atoms with van der Waals surface area (Å²) < 4.78 is 19.7. The molecule has 0 bridgehead atoms. The molecule has 1 aromatic carbocycles. The van der Waals surface area contributed by atoms with Crippen LogP contribution < -0.4 is 4.74 Å². The third-order valence-corrected chi connectivity index (χ3v) is 2.68. The number of rotatable bonds is 5. The first kappa shape index (κ1) is 15.5. The van der Waals surface area contributed by atoms with Gasteiger partial charge in [0.1, 0.15) is 5.75 Å². The lowest BCUT2D eigenvalue weighted by Gasteiger charge is -2.08. The number of nitrogens with zero attached hydrogens (tertiary/aromatic N) is 2. The number of aromatic nitrogens is 2. The fourth-order valence-corrected chi connectivity index (χ4v) is 1.70. The van der Waals surface area contributed by atoms with Gasteiger partial charge in [0.25, 0.3) is 5.89 Å². The van der Waals surface area contributed by atoms with Gasteiger partial charge in [0, 0.05) is 0 Å². The van der Waals surface area contributed by atoms with E-state index in [0.717, 1.165) is 0 Å². The molecular formula is C14H14N2O6. The quantitative estimate of drug-likeness (QED) is 0.766. The molecule has 8 heteroatoms. The maximum atomic E-state index is 11.6. The van der Waals surface area contributed by atoms with Gasteiger partial charge in [0.05, 0.1) is 25.3 Å². The standard InChI is InChI=1S/C14H14N2O6/c1-8-15-12(22-16-8)7-21-11-5-9(13(17)19-2)4-10(6-11)14(18)20-3/h4-6H,7H2,1-3H3. The van der Waals surface area contributed by atoms with Crippen LogP contribution in [-0.2, 0) is 16.1 Å². The lowest BCUT2D eigenvalue weighted by molar-refractivity contribution is 0.0598. The smallest absolute Gasteiger partial charge is 0.338 e. The van der Waals surface area contributed by atoms with Crippen molar-refractivity contribution in [2.24, 2.45) is 0 Å². The lowest BCUT2D eigenvalue weighted by atomic mass is 10.1. The summed E-state index contributed by atoms with van der Waals surface area (Å²) in [6, 6.07) is 4.25. The summed E-state index contributed by atoms with van der Waals surface area (Å²) in [7, 11) is 2.49. The van der Waals surface area contributed by atoms with Crippen LogP contribution in [0.5, 0.6) is 5.75 Å². The van der Waals surface area contributed by atoms with Gasteiger partial charge in [-0.2, -0.15) is 4.98 Å². The van der Waals surface area contributed by atoms with E-state index < -0.39 is 11.9 Å². The van der Waals surface area contributed by atoms with Gasteiger partial charge in [-0.1, -0.05) is 5.16 Å².